The van der Waals surface area contributed by atoms with Crippen LogP contribution in [0.5, 0.6) is 17.2 Å². The lowest BCUT2D eigenvalue weighted by Gasteiger charge is -2.40. The Kier molecular flexibility index (Phi) is 12.4. The predicted molar refractivity (Wildman–Crippen MR) is 177 cm³/mol. The molecule has 0 spiro atoms. The van der Waals surface area contributed by atoms with Gasteiger partial charge in [-0.05, 0) is 53.9 Å². The second-order valence-corrected chi connectivity index (χ2v) is 12.1. The fourth-order valence-corrected chi connectivity index (χ4v) is 5.98. The van der Waals surface area contributed by atoms with Crippen molar-refractivity contribution in [3.05, 3.63) is 77.6 Å². The molecule has 4 heterocycles. The summed E-state index contributed by atoms with van der Waals surface area (Å²) in [5, 5.41) is 13.4. The van der Waals surface area contributed by atoms with E-state index >= 15 is 4.39 Å². The van der Waals surface area contributed by atoms with E-state index < -0.39 is 23.7 Å². The number of piperidine rings is 1. The quantitative estimate of drug-likeness (QED) is 0.376. The molecule has 3 N–H and O–H groups in total. The molecule has 2 saturated heterocycles. The fraction of sp³-hybridized carbons (Fsp3) is 0.417. The number of hydrogen-bond donors (Lipinski definition) is 3. The number of nitrogens with zero attached hydrogens (tertiary/aromatic N) is 1. The third-order valence-corrected chi connectivity index (χ3v) is 8.32. The highest BCUT2D eigenvalue weighted by molar-refractivity contribution is 5.96. The van der Waals surface area contributed by atoms with Crippen molar-refractivity contribution in [2.45, 2.75) is 32.0 Å². The van der Waals surface area contributed by atoms with Gasteiger partial charge in [0, 0.05) is 50.7 Å². The minimum atomic E-state index is -0.833. The van der Waals surface area contributed by atoms with E-state index in [1.807, 2.05) is 18.2 Å². The average molecular weight is 680 g/mol. The molecular weight excluding hydrogens is 637 g/mol. The summed E-state index contributed by atoms with van der Waals surface area (Å²) in [6.45, 7) is 5.54. The van der Waals surface area contributed by atoms with Gasteiger partial charge in [0.25, 0.3) is 17.8 Å². The van der Waals surface area contributed by atoms with Crippen molar-refractivity contribution in [2.75, 3.05) is 59.8 Å². The molecular formula is C36H42FN3O9. The number of halogens is 1. The van der Waals surface area contributed by atoms with Crippen LogP contribution in [0.2, 0.25) is 0 Å². The van der Waals surface area contributed by atoms with E-state index in [0.717, 1.165) is 31.1 Å². The minimum Gasteiger partial charge on any atom is -0.496 e. The first-order chi connectivity index (χ1) is 23.7. The zero-order valence-electron chi connectivity index (χ0n) is 27.6. The number of benzene rings is 3. The number of likely N-dealkylation sites (tertiary alicyclic amines) is 1. The Morgan fingerprint density at radius 1 is 1.02 bits per heavy atom. The summed E-state index contributed by atoms with van der Waals surface area (Å²) in [5.74, 6) is -0.478. The van der Waals surface area contributed by atoms with Crippen molar-refractivity contribution in [1.29, 1.82) is 0 Å². The first-order valence-electron chi connectivity index (χ1n) is 16.2. The van der Waals surface area contributed by atoms with Crippen LogP contribution in [0, 0.1) is 11.7 Å². The van der Waals surface area contributed by atoms with Crippen molar-refractivity contribution >= 4 is 17.8 Å². The maximum atomic E-state index is 15.2. The van der Waals surface area contributed by atoms with Crippen LogP contribution in [0.4, 0.5) is 4.39 Å². The molecule has 0 radical (unpaired) electrons. The molecule has 6 bridgehead atoms. The van der Waals surface area contributed by atoms with E-state index in [1.165, 1.54) is 12.1 Å². The largest absolute Gasteiger partial charge is 0.496 e. The standard InChI is InChI=1S/C34H38FN3O7.C2H4O2/c1-41-32-15-27-7-5-25(32)16-36-33(39)21-44-26-4-2-3-23(13-26)24-6-8-29(35)28(14-24)34(40)37-30-18-38(10-9-31(30)45-27)17-22-19-42-11-12-43-20-22;1-2(3)4/h2-8,13-15,22,30-31H,9-12,16-21H2,1H3,(H,36,39)(H,37,40);1H3,(H,3,4)/t30-,31+;/m1./s1. The van der Waals surface area contributed by atoms with Crippen molar-refractivity contribution in [2.24, 2.45) is 5.92 Å². The number of carbonyl (C=O) groups excluding carboxylic acids is 2. The number of amides is 2. The van der Waals surface area contributed by atoms with Gasteiger partial charge in [0.15, 0.2) is 6.61 Å². The van der Waals surface area contributed by atoms with E-state index in [4.69, 9.17) is 33.6 Å². The number of methoxy groups -OCH3 is 1. The molecule has 49 heavy (non-hydrogen) atoms. The second kappa shape index (κ2) is 17.1. The van der Waals surface area contributed by atoms with E-state index in [9.17, 15) is 9.59 Å². The van der Waals surface area contributed by atoms with Gasteiger partial charge in [0.05, 0.1) is 45.1 Å². The average Bonchev–Trinajstić information content (AvgIpc) is 3.36. The molecule has 4 aliphatic heterocycles. The summed E-state index contributed by atoms with van der Waals surface area (Å²) in [6, 6.07) is 16.6. The first kappa shape index (κ1) is 35.6. The number of rotatable bonds is 3. The Morgan fingerprint density at radius 2 is 1.78 bits per heavy atom. The summed E-state index contributed by atoms with van der Waals surface area (Å²) < 4.78 is 44.4. The summed E-state index contributed by atoms with van der Waals surface area (Å²) in [7, 11) is 1.56. The first-order valence-corrected chi connectivity index (χ1v) is 16.2. The molecule has 0 aliphatic carbocycles. The molecule has 0 aromatic heterocycles. The number of carboxylic acids is 1. The number of carboxylic acid groups (broad SMARTS) is 1. The zero-order chi connectivity index (χ0) is 34.8. The Balaban J connectivity index is 0.00000111. The molecule has 0 unspecified atom stereocenters. The molecule has 7 rings (SSSR count). The topological polar surface area (TPSA) is 145 Å². The molecule has 12 nitrogen and oxygen atoms in total. The van der Waals surface area contributed by atoms with Crippen LogP contribution < -0.4 is 24.8 Å². The Morgan fingerprint density at radius 3 is 2.53 bits per heavy atom. The van der Waals surface area contributed by atoms with Gasteiger partial charge in [0.1, 0.15) is 29.2 Å². The van der Waals surface area contributed by atoms with Crippen LogP contribution in [-0.4, -0.2) is 99.7 Å². The highest BCUT2D eigenvalue weighted by atomic mass is 19.1. The van der Waals surface area contributed by atoms with Gasteiger partial charge in [-0.1, -0.05) is 18.2 Å². The van der Waals surface area contributed by atoms with Crippen LogP contribution >= 0.6 is 0 Å². The van der Waals surface area contributed by atoms with Crippen molar-refractivity contribution in [3.63, 3.8) is 0 Å². The lowest BCUT2D eigenvalue weighted by Crippen LogP contribution is -2.57. The van der Waals surface area contributed by atoms with E-state index in [-0.39, 0.29) is 36.6 Å². The Bertz CT molecular complexity index is 1610. The maximum absolute atomic E-state index is 15.2. The Hall–Kier alpha value is -4.72. The van der Waals surface area contributed by atoms with Crippen LogP contribution in [0.3, 0.4) is 0 Å². The summed E-state index contributed by atoms with van der Waals surface area (Å²) >= 11 is 0. The number of ether oxygens (including phenoxy) is 5. The van der Waals surface area contributed by atoms with Crippen molar-refractivity contribution in [3.8, 4) is 28.4 Å². The molecule has 3 aromatic carbocycles. The zero-order valence-corrected chi connectivity index (χ0v) is 27.6. The molecule has 4 aliphatic rings. The smallest absolute Gasteiger partial charge is 0.300 e. The van der Waals surface area contributed by atoms with E-state index in [0.29, 0.717) is 62.2 Å². The normalized spacial score (nSPS) is 20.5. The predicted octanol–water partition coefficient (Wildman–Crippen LogP) is 3.52. The molecule has 3 aromatic rings. The molecule has 0 saturated carbocycles. The molecule has 2 fully saturated rings. The summed E-state index contributed by atoms with van der Waals surface area (Å²) in [6.07, 6.45) is 0.252. The molecule has 13 heteroatoms. The minimum absolute atomic E-state index is 0.0694. The van der Waals surface area contributed by atoms with Crippen LogP contribution in [0.1, 0.15) is 29.3 Å². The number of carbonyl (C=O) groups is 3. The monoisotopic (exact) mass is 679 g/mol. The number of hydrogen-bond acceptors (Lipinski definition) is 9. The third kappa shape index (κ3) is 10.1. The maximum Gasteiger partial charge on any atom is 0.300 e. The van der Waals surface area contributed by atoms with Gasteiger partial charge in [0.2, 0.25) is 0 Å². The lowest BCUT2D eigenvalue weighted by molar-refractivity contribution is -0.134. The van der Waals surface area contributed by atoms with Crippen LogP contribution in [0.15, 0.2) is 60.7 Å². The summed E-state index contributed by atoms with van der Waals surface area (Å²) in [5.41, 5.74) is 2.07. The van der Waals surface area contributed by atoms with Crippen molar-refractivity contribution < 1.29 is 47.6 Å². The highest BCUT2D eigenvalue weighted by Gasteiger charge is 2.34. The van der Waals surface area contributed by atoms with Crippen LogP contribution in [0.25, 0.3) is 11.1 Å². The molecule has 2 amide bonds. The van der Waals surface area contributed by atoms with Gasteiger partial charge < -0.3 is 44.3 Å². The second-order valence-electron chi connectivity index (χ2n) is 12.1. The third-order valence-electron chi connectivity index (χ3n) is 8.32. The number of nitrogens with one attached hydrogen (secondary N) is 2. The van der Waals surface area contributed by atoms with E-state index in [2.05, 4.69) is 15.5 Å². The van der Waals surface area contributed by atoms with Gasteiger partial charge in [-0.3, -0.25) is 14.4 Å². The summed E-state index contributed by atoms with van der Waals surface area (Å²) in [4.78, 5) is 37.6. The lowest BCUT2D eigenvalue weighted by atomic mass is 9.98. The SMILES string of the molecule is CC(=O)O.COc1cc2ccc1CNC(=O)COc1cccc(c1)-c1ccc(F)c(c1)C(=O)N[C@@H]1CN(CC3COCCOC3)CC[C@@H]1O2. The number of fused-ring (bicyclic) bond motifs is 7. The van der Waals surface area contributed by atoms with Crippen LogP contribution in [-0.2, 0) is 25.6 Å². The van der Waals surface area contributed by atoms with Gasteiger partial charge in [-0.25, -0.2) is 4.39 Å². The van der Waals surface area contributed by atoms with Gasteiger partial charge in [-0.15, -0.1) is 0 Å². The highest BCUT2D eigenvalue weighted by Crippen LogP contribution is 2.29. The van der Waals surface area contributed by atoms with E-state index in [1.54, 1.807) is 37.4 Å². The molecule has 2 atom stereocenters. The Labute approximate surface area is 284 Å². The van der Waals surface area contributed by atoms with Gasteiger partial charge in [-0.2, -0.15) is 0 Å². The van der Waals surface area contributed by atoms with Gasteiger partial charge >= 0.3 is 0 Å². The number of aliphatic carboxylic acids is 1. The fourth-order valence-electron chi connectivity index (χ4n) is 5.98. The van der Waals surface area contributed by atoms with Crippen molar-refractivity contribution in [1.82, 2.24) is 15.5 Å². The molecule has 262 valence electrons.